The molecule has 39 heavy (non-hydrogen) atoms. The molecule has 0 radical (unpaired) electrons. The third-order valence-electron chi connectivity index (χ3n) is 4.53. The highest BCUT2D eigenvalue weighted by Crippen LogP contribution is 2.31. The normalized spacial score (nSPS) is 11.5. The number of rotatable bonds is 7. The van der Waals surface area contributed by atoms with Crippen LogP contribution in [-0.4, -0.2) is 54.9 Å². The molecule has 0 saturated heterocycles. The number of phenolic OH excluding ortho intramolecular Hbond substituents is 1. The third-order valence-corrected chi connectivity index (χ3v) is 5.48. The summed E-state index contributed by atoms with van der Waals surface area (Å²) in [5.74, 6) is -2.26. The van der Waals surface area contributed by atoms with Crippen LogP contribution in [0.1, 0.15) is 39.0 Å². The van der Waals surface area contributed by atoms with Gasteiger partial charge in [-0.15, -0.1) is 10.2 Å². The van der Waals surface area contributed by atoms with E-state index in [0.717, 1.165) is 4.48 Å². The molecule has 0 unspecified atom stereocenters. The van der Waals surface area contributed by atoms with E-state index < -0.39 is 23.4 Å². The minimum atomic E-state index is -0.733. The van der Waals surface area contributed by atoms with Gasteiger partial charge in [0, 0.05) is 27.8 Å². The Kier molecular flexibility index (Phi) is 10.2. The number of amides is 2. The van der Waals surface area contributed by atoms with Crippen molar-refractivity contribution in [3.63, 3.8) is 0 Å². The van der Waals surface area contributed by atoms with Gasteiger partial charge in [-0.25, -0.2) is 9.98 Å². The van der Waals surface area contributed by atoms with E-state index in [1.165, 1.54) is 30.6 Å². The summed E-state index contributed by atoms with van der Waals surface area (Å²) in [7, 11) is 0. The number of nitrogens with zero attached hydrogens (tertiary/aromatic N) is 6. The van der Waals surface area contributed by atoms with Crippen molar-refractivity contribution in [3.05, 3.63) is 73.2 Å². The lowest BCUT2D eigenvalue weighted by molar-refractivity contribution is 0.0936. The molecular formula is C22H19Br2ClN10O4. The van der Waals surface area contributed by atoms with Crippen molar-refractivity contribution in [2.45, 2.75) is 13.3 Å². The lowest BCUT2D eigenvalue weighted by Gasteiger charge is -2.10. The fourth-order valence-corrected chi connectivity index (χ4v) is 3.63. The Morgan fingerprint density at radius 2 is 1.92 bits per heavy atom. The maximum Gasteiger partial charge on any atom is 0.288 e. The van der Waals surface area contributed by atoms with Gasteiger partial charge in [0.15, 0.2) is 0 Å². The largest absolute Gasteiger partial charge is 0.506 e. The molecule has 202 valence electrons. The first-order valence-electron chi connectivity index (χ1n) is 10.6. The van der Waals surface area contributed by atoms with E-state index in [9.17, 15) is 19.8 Å². The summed E-state index contributed by atoms with van der Waals surface area (Å²) in [5, 5.41) is 27.9. The number of hydrazine groups is 2. The lowest BCUT2D eigenvalue weighted by Crippen LogP contribution is -2.41. The number of aromatic nitrogens is 4. The number of benzene rings is 1. The molecule has 2 heterocycles. The number of carbonyl (C=O) groups excluding carboxylic acids is 2. The van der Waals surface area contributed by atoms with Crippen LogP contribution in [0.25, 0.3) is 0 Å². The molecule has 0 bridgehead atoms. The van der Waals surface area contributed by atoms with E-state index in [2.05, 4.69) is 90.4 Å². The van der Waals surface area contributed by atoms with Crippen LogP contribution in [0.2, 0.25) is 5.02 Å². The number of aliphatic imine (C=N–C) groups is 2. The predicted molar refractivity (Wildman–Crippen MR) is 151 cm³/mol. The van der Waals surface area contributed by atoms with Crippen LogP contribution in [0.3, 0.4) is 0 Å². The van der Waals surface area contributed by atoms with E-state index in [1.807, 2.05) is 0 Å². The minimum Gasteiger partial charge on any atom is -0.506 e. The highest BCUT2D eigenvalue weighted by Gasteiger charge is 2.16. The summed E-state index contributed by atoms with van der Waals surface area (Å²) in [5.41, 5.74) is 10.3. The monoisotopic (exact) mass is 680 g/mol. The van der Waals surface area contributed by atoms with Crippen molar-refractivity contribution >= 4 is 73.9 Å². The topological polar surface area (TPSA) is 199 Å². The quantitative estimate of drug-likeness (QED) is 0.122. The fraction of sp³-hybridized carbons (Fsp3) is 0.0909. The second kappa shape index (κ2) is 13.6. The van der Waals surface area contributed by atoms with Crippen LogP contribution in [0.5, 0.6) is 11.6 Å². The summed E-state index contributed by atoms with van der Waals surface area (Å²) >= 11 is 12.3. The molecule has 14 nitrogen and oxygen atoms in total. The first-order chi connectivity index (χ1) is 18.6. The van der Waals surface area contributed by atoms with Gasteiger partial charge in [-0.2, -0.15) is 4.98 Å². The summed E-state index contributed by atoms with van der Waals surface area (Å²) in [6.07, 6.45) is 3.01. The maximum atomic E-state index is 12.3. The van der Waals surface area contributed by atoms with Gasteiger partial charge in [-0.1, -0.05) is 49.5 Å². The molecule has 0 aliphatic carbocycles. The third kappa shape index (κ3) is 8.42. The predicted octanol–water partition coefficient (Wildman–Crippen LogP) is 2.99. The number of nitrogens with one attached hydrogen (secondary N) is 4. The van der Waals surface area contributed by atoms with Crippen molar-refractivity contribution in [2.75, 3.05) is 5.43 Å². The number of pyridine rings is 1. The molecule has 2 aromatic heterocycles. The van der Waals surface area contributed by atoms with Gasteiger partial charge in [-0.3, -0.25) is 36.3 Å². The molecule has 1 aromatic carbocycles. The molecule has 2 amide bonds. The van der Waals surface area contributed by atoms with Gasteiger partial charge in [0.1, 0.15) is 17.1 Å². The van der Waals surface area contributed by atoms with Gasteiger partial charge in [0.05, 0.1) is 10.6 Å². The first kappa shape index (κ1) is 29.4. The standard InChI is InChI=1S/C22H19Br2ClN10O4/c1-10(23)8-28-21(26-2)33-32-20(39)15-4-3-11(9-27-15)5-16-19(38)29-22(34-30-16)35-31-18(37)13-6-12(24)7-14(25)17(13)36/h3-4,6-9,36H,2,5H2,1H3,(H,28,33)(H,31,37)(H,32,39)(H2,29,34,35,38)/b10-8+. The first-order valence-corrected chi connectivity index (χ1v) is 12.6. The Labute approximate surface area is 243 Å². The Balaban J connectivity index is 1.58. The van der Waals surface area contributed by atoms with Crippen LogP contribution >= 0.6 is 43.5 Å². The molecule has 0 spiro atoms. The summed E-state index contributed by atoms with van der Waals surface area (Å²) in [6.45, 7) is 5.14. The Morgan fingerprint density at radius 1 is 1.15 bits per heavy atom. The summed E-state index contributed by atoms with van der Waals surface area (Å²) in [4.78, 5) is 40.2. The number of allylic oxidation sites excluding steroid dienone is 1. The van der Waals surface area contributed by atoms with Crippen molar-refractivity contribution in [3.8, 4) is 11.6 Å². The van der Waals surface area contributed by atoms with Crippen molar-refractivity contribution in [1.29, 1.82) is 0 Å². The number of hydrogen-bond donors (Lipinski definition) is 6. The van der Waals surface area contributed by atoms with E-state index >= 15 is 0 Å². The Hall–Kier alpha value is -4.15. The Bertz CT molecular complexity index is 1460. The fourth-order valence-electron chi connectivity index (χ4n) is 2.72. The number of halogens is 3. The van der Waals surface area contributed by atoms with E-state index in [0.29, 0.717) is 10.0 Å². The van der Waals surface area contributed by atoms with Crippen LogP contribution in [0.4, 0.5) is 5.95 Å². The number of anilines is 1. The van der Waals surface area contributed by atoms with Crippen LogP contribution in [0, 0.1) is 0 Å². The Morgan fingerprint density at radius 3 is 2.56 bits per heavy atom. The van der Waals surface area contributed by atoms with Gasteiger partial charge < -0.3 is 10.2 Å². The average molecular weight is 683 g/mol. The minimum absolute atomic E-state index is 0.0172. The lowest BCUT2D eigenvalue weighted by atomic mass is 10.1. The van der Waals surface area contributed by atoms with E-state index in [4.69, 9.17) is 11.6 Å². The summed E-state index contributed by atoms with van der Waals surface area (Å²) < 4.78 is 1.23. The smallest absolute Gasteiger partial charge is 0.288 e. The highest BCUT2D eigenvalue weighted by atomic mass is 79.9. The average Bonchev–Trinajstić information content (AvgIpc) is 2.90. The molecule has 0 fully saturated rings. The molecule has 6 N–H and O–H groups in total. The summed E-state index contributed by atoms with van der Waals surface area (Å²) in [6, 6.07) is 5.88. The molecular weight excluding hydrogens is 664 g/mol. The van der Waals surface area contributed by atoms with Crippen LogP contribution in [0.15, 0.2) is 55.6 Å². The maximum absolute atomic E-state index is 12.3. The number of hydrogen-bond acceptors (Lipinski definition) is 10. The van der Waals surface area contributed by atoms with Gasteiger partial charge >= 0.3 is 0 Å². The molecule has 0 aliphatic rings. The van der Waals surface area contributed by atoms with Crippen molar-refractivity contribution in [2.24, 2.45) is 9.98 Å². The second-order valence-corrected chi connectivity index (χ2v) is 9.98. The van der Waals surface area contributed by atoms with E-state index in [-0.39, 0.29) is 40.3 Å². The van der Waals surface area contributed by atoms with Gasteiger partial charge in [0.25, 0.3) is 17.8 Å². The van der Waals surface area contributed by atoms with Gasteiger partial charge in [0.2, 0.25) is 11.8 Å². The zero-order valence-corrected chi connectivity index (χ0v) is 23.8. The number of guanidine groups is 1. The van der Waals surface area contributed by atoms with Crippen LogP contribution < -0.4 is 21.7 Å². The highest BCUT2D eigenvalue weighted by molar-refractivity contribution is 9.11. The number of carbonyl (C=O) groups is 2. The molecule has 3 rings (SSSR count). The van der Waals surface area contributed by atoms with Crippen LogP contribution in [-0.2, 0) is 6.42 Å². The number of phenols is 1. The molecule has 0 saturated carbocycles. The second-order valence-electron chi connectivity index (χ2n) is 7.40. The van der Waals surface area contributed by atoms with Crippen molar-refractivity contribution in [1.82, 2.24) is 36.4 Å². The van der Waals surface area contributed by atoms with Gasteiger partial charge in [-0.05, 0) is 37.4 Å². The molecule has 0 atom stereocenters. The van der Waals surface area contributed by atoms with E-state index in [1.54, 1.807) is 13.0 Å². The molecule has 17 heteroatoms. The number of aromatic hydroxyl groups is 2. The zero-order chi connectivity index (χ0) is 28.5. The molecule has 3 aromatic rings. The molecule has 0 aliphatic heterocycles. The SMILES string of the molecule is C=N/C(=N\C=C(/C)Br)NNC(=O)c1ccc(Cc2nnc(NNC(=O)c3cc(Br)cc(Cl)c3O)nc2O)cn1. The van der Waals surface area contributed by atoms with Crippen molar-refractivity contribution < 1.29 is 19.8 Å². The zero-order valence-electron chi connectivity index (χ0n) is 19.9.